The van der Waals surface area contributed by atoms with E-state index in [2.05, 4.69) is 85.0 Å². The van der Waals surface area contributed by atoms with Gasteiger partial charge in [-0.2, -0.15) is 0 Å². The van der Waals surface area contributed by atoms with Gasteiger partial charge in [0.05, 0.1) is 5.56 Å². The maximum atomic E-state index is 11.7. The number of rotatable bonds is 7. The van der Waals surface area contributed by atoms with Crippen LogP contribution in [0.1, 0.15) is 69.9 Å². The summed E-state index contributed by atoms with van der Waals surface area (Å²) in [6, 6.07) is 29.9. The monoisotopic (exact) mass is 499 g/mol. The number of hydrogen-bond acceptors (Lipinski definition) is 2. The summed E-state index contributed by atoms with van der Waals surface area (Å²) in [5.74, 6) is -0.0726. The van der Waals surface area contributed by atoms with Crippen LogP contribution in [0, 0.1) is 12.8 Å². The first-order chi connectivity index (χ1) is 17.0. The fourth-order valence-electron chi connectivity index (χ4n) is 5.83. The highest BCUT2D eigenvalue weighted by Gasteiger charge is 2.28. The number of carbonyl (C=O) groups is 1. The fraction of sp³-hybridized carbons (Fsp3) is 0.281. The lowest BCUT2D eigenvalue weighted by Crippen LogP contribution is -2.26. The number of aromatic carboxylic acids is 1. The maximum Gasteiger partial charge on any atom is 0.335 e. The van der Waals surface area contributed by atoms with Crippen LogP contribution in [0.5, 0.6) is 0 Å². The molecule has 0 bridgehead atoms. The van der Waals surface area contributed by atoms with Crippen molar-refractivity contribution in [1.29, 1.82) is 0 Å². The van der Waals surface area contributed by atoms with Crippen molar-refractivity contribution in [2.24, 2.45) is 5.92 Å². The molecule has 0 saturated heterocycles. The highest BCUT2D eigenvalue weighted by molar-refractivity contribution is 5.88. The molecule has 0 fully saturated rings. The van der Waals surface area contributed by atoms with E-state index in [1.165, 1.54) is 27.5 Å². The van der Waals surface area contributed by atoms with E-state index in [0.29, 0.717) is 11.5 Å². The van der Waals surface area contributed by atoms with Gasteiger partial charge in [0.25, 0.3) is 0 Å². The van der Waals surface area contributed by atoms with E-state index in [4.69, 9.17) is 0 Å². The molecule has 3 atom stereocenters. The Morgan fingerprint density at radius 3 is 2.58 bits per heavy atom. The molecule has 2 unspecified atom stereocenters. The second-order valence-electron chi connectivity index (χ2n) is 10.0. The molecule has 4 aromatic carbocycles. The van der Waals surface area contributed by atoms with Crippen LogP contribution in [-0.2, 0) is 6.42 Å². The minimum Gasteiger partial charge on any atom is -0.478 e. The van der Waals surface area contributed by atoms with Crippen LogP contribution in [0.3, 0.4) is 0 Å². The van der Waals surface area contributed by atoms with Crippen molar-refractivity contribution >= 4 is 29.1 Å². The summed E-state index contributed by atoms with van der Waals surface area (Å²) in [5, 5.41) is 16.0. The van der Waals surface area contributed by atoms with Crippen molar-refractivity contribution in [2.45, 2.75) is 45.1 Å². The van der Waals surface area contributed by atoms with Gasteiger partial charge in [0, 0.05) is 12.0 Å². The molecule has 1 aliphatic carbocycles. The van der Waals surface area contributed by atoms with Gasteiger partial charge in [-0.15, -0.1) is 12.4 Å². The smallest absolute Gasteiger partial charge is 0.335 e. The highest BCUT2D eigenvalue weighted by Crippen LogP contribution is 2.41. The molecule has 36 heavy (non-hydrogen) atoms. The van der Waals surface area contributed by atoms with E-state index in [9.17, 15) is 9.90 Å². The molecule has 4 heteroatoms. The van der Waals surface area contributed by atoms with Gasteiger partial charge in [-0.1, -0.05) is 72.8 Å². The second-order valence-corrected chi connectivity index (χ2v) is 10.0. The maximum absolute atomic E-state index is 11.7. The predicted molar refractivity (Wildman–Crippen MR) is 150 cm³/mol. The minimum atomic E-state index is -0.859. The van der Waals surface area contributed by atoms with Crippen LogP contribution < -0.4 is 5.32 Å². The van der Waals surface area contributed by atoms with Crippen molar-refractivity contribution in [3.8, 4) is 0 Å². The zero-order valence-corrected chi connectivity index (χ0v) is 21.7. The third-order valence-corrected chi connectivity index (χ3v) is 7.55. The molecule has 5 rings (SSSR count). The molecule has 0 aliphatic heterocycles. The zero-order chi connectivity index (χ0) is 24.4. The molecule has 2 N–H and O–H groups in total. The molecule has 0 amide bonds. The Morgan fingerprint density at radius 2 is 1.75 bits per heavy atom. The number of carboxylic acids is 1. The summed E-state index contributed by atoms with van der Waals surface area (Å²) in [6.07, 6.45) is 3.22. The van der Waals surface area contributed by atoms with Gasteiger partial charge in [0.1, 0.15) is 0 Å². The van der Waals surface area contributed by atoms with E-state index in [1.54, 1.807) is 6.07 Å². The fourth-order valence-corrected chi connectivity index (χ4v) is 5.83. The lowest BCUT2D eigenvalue weighted by Gasteiger charge is -2.33. The molecule has 0 spiro atoms. The third-order valence-electron chi connectivity index (χ3n) is 7.55. The van der Waals surface area contributed by atoms with E-state index in [-0.39, 0.29) is 24.4 Å². The van der Waals surface area contributed by atoms with Gasteiger partial charge >= 0.3 is 5.97 Å². The van der Waals surface area contributed by atoms with Gasteiger partial charge in [-0.05, 0) is 96.3 Å². The number of hydrogen-bond donors (Lipinski definition) is 2. The Balaban J connectivity index is 0.00000304. The van der Waals surface area contributed by atoms with Crippen molar-refractivity contribution in [1.82, 2.24) is 5.32 Å². The Labute approximate surface area is 220 Å². The minimum absolute atomic E-state index is 0. The summed E-state index contributed by atoms with van der Waals surface area (Å²) >= 11 is 0. The summed E-state index contributed by atoms with van der Waals surface area (Å²) in [7, 11) is 0. The van der Waals surface area contributed by atoms with E-state index < -0.39 is 5.97 Å². The number of benzene rings is 4. The molecule has 4 aromatic rings. The van der Waals surface area contributed by atoms with E-state index in [0.717, 1.165) is 36.9 Å². The van der Waals surface area contributed by atoms with Crippen LogP contribution in [0.15, 0.2) is 84.9 Å². The molecular formula is C32H34ClNO2. The Hall–Kier alpha value is -3.14. The van der Waals surface area contributed by atoms with Crippen molar-refractivity contribution in [2.75, 3.05) is 6.54 Å². The first-order valence-electron chi connectivity index (χ1n) is 12.6. The normalized spacial score (nSPS) is 17.7. The second kappa shape index (κ2) is 11.3. The van der Waals surface area contributed by atoms with Crippen molar-refractivity contribution in [3.05, 3.63) is 118 Å². The Morgan fingerprint density at radius 1 is 1.00 bits per heavy atom. The number of aryl methyl sites for hydroxylation is 1. The molecule has 0 saturated carbocycles. The third kappa shape index (κ3) is 5.48. The lowest BCUT2D eigenvalue weighted by molar-refractivity contribution is 0.0696. The summed E-state index contributed by atoms with van der Waals surface area (Å²) in [4.78, 5) is 11.7. The van der Waals surface area contributed by atoms with Crippen LogP contribution in [0.4, 0.5) is 0 Å². The summed E-state index contributed by atoms with van der Waals surface area (Å²) in [6.45, 7) is 5.19. The Kier molecular flexibility index (Phi) is 8.13. The zero-order valence-electron chi connectivity index (χ0n) is 20.9. The quantitative estimate of drug-likeness (QED) is 0.274. The summed E-state index contributed by atoms with van der Waals surface area (Å²) < 4.78 is 0. The molecule has 1 aliphatic rings. The van der Waals surface area contributed by atoms with Crippen molar-refractivity contribution in [3.63, 3.8) is 0 Å². The van der Waals surface area contributed by atoms with Crippen LogP contribution in [-0.4, -0.2) is 17.6 Å². The van der Waals surface area contributed by atoms with E-state index in [1.807, 2.05) is 13.0 Å². The number of nitrogens with one attached hydrogen (secondary N) is 1. The molecular weight excluding hydrogens is 466 g/mol. The molecule has 0 aromatic heterocycles. The van der Waals surface area contributed by atoms with Crippen LogP contribution >= 0.6 is 12.4 Å². The predicted octanol–water partition coefficient (Wildman–Crippen LogP) is 7.70. The number of fused-ring (bicyclic) bond motifs is 2. The molecule has 3 nitrogen and oxygen atoms in total. The van der Waals surface area contributed by atoms with Crippen LogP contribution in [0.25, 0.3) is 10.8 Å². The average molecular weight is 500 g/mol. The van der Waals surface area contributed by atoms with Gasteiger partial charge in [-0.25, -0.2) is 4.79 Å². The topological polar surface area (TPSA) is 49.3 Å². The largest absolute Gasteiger partial charge is 0.478 e. The standard InChI is InChI=1S/C32H33NO2.ClH/c1-21-16-26(20-27(17-21)32(34)35)31-19-23(18-25-9-4-6-12-30(25)31)14-15-33-22(2)28-13-7-10-24-8-3-5-11-29(24)28;/h3-13,16-17,20,22-23,31,33H,14-15,18-19H2,1-2H3,(H,34,35);1H/t22-,23?,31?;/m1./s1. The van der Waals surface area contributed by atoms with Gasteiger partial charge in [0.15, 0.2) is 0 Å². The van der Waals surface area contributed by atoms with Crippen molar-refractivity contribution < 1.29 is 9.90 Å². The molecule has 0 radical (unpaired) electrons. The average Bonchev–Trinajstić information content (AvgIpc) is 2.87. The molecule has 0 heterocycles. The van der Waals surface area contributed by atoms with E-state index >= 15 is 0 Å². The summed E-state index contributed by atoms with van der Waals surface area (Å²) in [5.41, 5.74) is 6.60. The van der Waals surface area contributed by atoms with Gasteiger partial charge in [0.2, 0.25) is 0 Å². The van der Waals surface area contributed by atoms with Gasteiger partial charge in [-0.3, -0.25) is 0 Å². The lowest BCUT2D eigenvalue weighted by atomic mass is 9.72. The van der Waals surface area contributed by atoms with Crippen LogP contribution in [0.2, 0.25) is 0 Å². The first-order valence-corrected chi connectivity index (χ1v) is 12.6. The highest BCUT2D eigenvalue weighted by atomic mass is 35.5. The SMILES string of the molecule is Cc1cc(C(=O)O)cc(C2CC(CCN[C@H](C)c3cccc4ccccc34)Cc3ccccc32)c1.Cl. The number of carboxylic acid groups (broad SMARTS) is 1. The number of halogens is 1. The molecule has 186 valence electrons. The first kappa shape index (κ1) is 25.9. The Bertz CT molecular complexity index is 1360. The van der Waals surface area contributed by atoms with Gasteiger partial charge < -0.3 is 10.4 Å².